The monoisotopic (exact) mass is 438 g/mol. The summed E-state index contributed by atoms with van der Waals surface area (Å²) < 4.78 is 16.2. The first-order valence-electron chi connectivity index (χ1n) is 10.2. The van der Waals surface area contributed by atoms with Crippen molar-refractivity contribution in [3.05, 3.63) is 66.0 Å². The molecule has 0 bridgehead atoms. The molecule has 3 aromatic rings. The zero-order chi connectivity index (χ0) is 21.8. The van der Waals surface area contributed by atoms with Gasteiger partial charge in [-0.1, -0.05) is 54.2 Å². The number of nitrogens with one attached hydrogen (secondary N) is 1. The van der Waals surface area contributed by atoms with Crippen LogP contribution in [0.5, 0.6) is 0 Å². The van der Waals surface area contributed by atoms with Crippen LogP contribution in [0.1, 0.15) is 31.4 Å². The molecule has 0 radical (unpaired) electrons. The topological polar surface area (TPSA) is 76.9 Å². The molecule has 1 heterocycles. The lowest BCUT2D eigenvalue weighted by Gasteiger charge is -2.16. The van der Waals surface area contributed by atoms with Gasteiger partial charge >= 0.3 is 0 Å². The Bertz CT molecular complexity index is 1080. The van der Waals surface area contributed by atoms with Gasteiger partial charge in [0.25, 0.3) is 0 Å². The summed E-state index contributed by atoms with van der Waals surface area (Å²) in [6.07, 6.45) is 2.40. The molecule has 31 heavy (non-hydrogen) atoms. The van der Waals surface area contributed by atoms with Gasteiger partial charge in [-0.05, 0) is 43.9 Å². The molecule has 1 fully saturated rings. The third kappa shape index (κ3) is 5.19. The van der Waals surface area contributed by atoms with Crippen molar-refractivity contribution in [2.45, 2.75) is 43.4 Å². The normalized spacial score (nSPS) is 14.3. The summed E-state index contributed by atoms with van der Waals surface area (Å²) in [6, 6.07) is 15.7. The molecule has 1 aliphatic rings. The van der Waals surface area contributed by atoms with Gasteiger partial charge in [-0.15, -0.1) is 10.2 Å². The van der Waals surface area contributed by atoms with Crippen LogP contribution >= 0.6 is 11.8 Å². The van der Waals surface area contributed by atoms with Crippen LogP contribution in [-0.2, 0) is 16.0 Å². The first-order valence-corrected chi connectivity index (χ1v) is 11.2. The van der Waals surface area contributed by atoms with E-state index in [9.17, 15) is 14.0 Å². The molecular weight excluding hydrogens is 415 g/mol. The average molecular weight is 439 g/mol. The van der Waals surface area contributed by atoms with Crippen molar-refractivity contribution in [3.63, 3.8) is 0 Å². The summed E-state index contributed by atoms with van der Waals surface area (Å²) in [5.41, 5.74) is 1.39. The van der Waals surface area contributed by atoms with E-state index >= 15 is 0 Å². The molecule has 1 atom stereocenters. The Hall–Kier alpha value is -3.00. The average Bonchev–Trinajstić information content (AvgIpc) is 3.52. The molecule has 1 N–H and O–H groups in total. The first kappa shape index (κ1) is 21.2. The molecule has 1 amide bonds. The molecule has 160 valence electrons. The van der Waals surface area contributed by atoms with Gasteiger partial charge in [-0.25, -0.2) is 4.39 Å². The van der Waals surface area contributed by atoms with E-state index in [4.69, 9.17) is 0 Å². The van der Waals surface area contributed by atoms with Crippen molar-refractivity contribution < 1.29 is 14.0 Å². The molecule has 1 aliphatic carbocycles. The number of hydrogen-bond acceptors (Lipinski definition) is 5. The van der Waals surface area contributed by atoms with Gasteiger partial charge in [-0.2, -0.15) is 0 Å². The number of halogens is 1. The second-order valence-corrected chi connectivity index (χ2v) is 8.54. The third-order valence-electron chi connectivity index (χ3n) is 5.13. The minimum absolute atomic E-state index is 0.0924. The van der Waals surface area contributed by atoms with Gasteiger partial charge in [-0.3, -0.25) is 14.2 Å². The van der Waals surface area contributed by atoms with Crippen LogP contribution in [0.3, 0.4) is 0 Å². The van der Waals surface area contributed by atoms with Crippen LogP contribution in [-0.4, -0.2) is 38.2 Å². The largest absolute Gasteiger partial charge is 0.345 e. The Morgan fingerprint density at radius 1 is 1.13 bits per heavy atom. The fraction of sp³-hybridized carbons (Fsp3) is 0.304. The Balaban J connectivity index is 1.43. The van der Waals surface area contributed by atoms with E-state index in [1.165, 1.54) is 24.8 Å². The Labute approximate surface area is 184 Å². The molecule has 0 saturated heterocycles. The number of hydrogen-bond donors (Lipinski definition) is 1. The predicted molar refractivity (Wildman–Crippen MR) is 117 cm³/mol. The maximum Gasteiger partial charge on any atom is 0.231 e. The highest BCUT2D eigenvalue weighted by Crippen LogP contribution is 2.41. The van der Waals surface area contributed by atoms with E-state index < -0.39 is 6.04 Å². The number of nitrogens with zero attached hydrogens (tertiary/aromatic N) is 3. The quantitative estimate of drug-likeness (QED) is 0.514. The molecule has 0 unspecified atom stereocenters. The second kappa shape index (κ2) is 9.43. The number of carbonyl (C=O) groups excluding carboxylic acids is 2. The van der Waals surface area contributed by atoms with Gasteiger partial charge in [0.05, 0.1) is 17.4 Å². The van der Waals surface area contributed by atoms with E-state index in [0.29, 0.717) is 23.0 Å². The number of amides is 1. The summed E-state index contributed by atoms with van der Waals surface area (Å²) in [6.45, 7) is 1.48. The minimum Gasteiger partial charge on any atom is -0.345 e. The van der Waals surface area contributed by atoms with Gasteiger partial charge in [0, 0.05) is 6.04 Å². The fourth-order valence-corrected chi connectivity index (χ4v) is 4.19. The maximum absolute atomic E-state index is 14.3. The second-order valence-electron chi connectivity index (χ2n) is 7.60. The van der Waals surface area contributed by atoms with Crippen molar-refractivity contribution in [2.75, 3.05) is 5.75 Å². The Morgan fingerprint density at radius 3 is 2.52 bits per heavy atom. The highest BCUT2D eigenvalue weighted by Gasteiger charge is 2.31. The van der Waals surface area contributed by atoms with E-state index in [2.05, 4.69) is 15.5 Å². The minimum atomic E-state index is -0.578. The lowest BCUT2D eigenvalue weighted by molar-refractivity contribution is -0.125. The number of aromatic nitrogens is 3. The van der Waals surface area contributed by atoms with E-state index in [1.807, 2.05) is 34.9 Å². The summed E-state index contributed by atoms with van der Waals surface area (Å²) in [5.74, 6) is -0.115. The van der Waals surface area contributed by atoms with Gasteiger partial charge in [0.1, 0.15) is 5.82 Å². The molecule has 2 aromatic carbocycles. The number of benzene rings is 2. The van der Waals surface area contributed by atoms with Crippen LogP contribution in [0.15, 0.2) is 59.8 Å². The van der Waals surface area contributed by atoms with E-state index in [1.54, 1.807) is 18.2 Å². The van der Waals surface area contributed by atoms with Crippen molar-refractivity contribution in [2.24, 2.45) is 0 Å². The number of ketones is 1. The van der Waals surface area contributed by atoms with Gasteiger partial charge < -0.3 is 5.32 Å². The zero-order valence-electron chi connectivity index (χ0n) is 17.1. The van der Waals surface area contributed by atoms with Crippen LogP contribution in [0.25, 0.3) is 11.4 Å². The first-order chi connectivity index (χ1) is 15.0. The molecule has 6 nitrogen and oxygen atoms in total. The van der Waals surface area contributed by atoms with Gasteiger partial charge in [0.15, 0.2) is 16.8 Å². The predicted octanol–water partition coefficient (Wildman–Crippen LogP) is 3.83. The smallest absolute Gasteiger partial charge is 0.231 e. The summed E-state index contributed by atoms with van der Waals surface area (Å²) in [5, 5.41) is 11.8. The van der Waals surface area contributed by atoms with E-state index in [-0.39, 0.29) is 29.3 Å². The molecule has 1 aromatic heterocycles. The molecule has 0 spiro atoms. The van der Waals surface area contributed by atoms with Gasteiger partial charge in [0.2, 0.25) is 5.91 Å². The number of rotatable bonds is 9. The van der Waals surface area contributed by atoms with Crippen LogP contribution in [0.4, 0.5) is 4.39 Å². The van der Waals surface area contributed by atoms with Crippen LogP contribution in [0, 0.1) is 5.82 Å². The number of Topliss-reactive ketones (excluding diaryl/α,β-unsaturated/α-hetero) is 1. The molecule has 4 rings (SSSR count). The van der Waals surface area contributed by atoms with Crippen molar-refractivity contribution in [1.29, 1.82) is 0 Å². The standard InChI is InChI=1S/C23H23FN4O2S/c1-15(29)20(13-16-7-3-2-4-8-16)25-21(30)14-31-23-27-26-22(28(23)17-11-12-17)18-9-5-6-10-19(18)24/h2-10,17,20H,11-14H2,1H3,(H,25,30)/t20-/m1/s1. The Morgan fingerprint density at radius 2 is 1.84 bits per heavy atom. The SMILES string of the molecule is CC(=O)[C@@H](Cc1ccccc1)NC(=O)CSc1nnc(-c2ccccc2F)n1C1CC1. The third-order valence-corrected chi connectivity index (χ3v) is 6.08. The molecule has 1 saturated carbocycles. The highest BCUT2D eigenvalue weighted by molar-refractivity contribution is 7.99. The molecule has 8 heteroatoms. The van der Waals surface area contributed by atoms with Crippen LogP contribution < -0.4 is 5.32 Å². The molecule has 0 aliphatic heterocycles. The summed E-state index contributed by atoms with van der Waals surface area (Å²) >= 11 is 1.25. The maximum atomic E-state index is 14.3. The highest BCUT2D eigenvalue weighted by atomic mass is 32.2. The molecular formula is C23H23FN4O2S. The zero-order valence-corrected chi connectivity index (χ0v) is 17.9. The lowest BCUT2D eigenvalue weighted by atomic mass is 10.0. The number of thioether (sulfide) groups is 1. The number of carbonyl (C=O) groups is 2. The Kier molecular flexibility index (Phi) is 6.46. The lowest BCUT2D eigenvalue weighted by Crippen LogP contribution is -2.42. The van der Waals surface area contributed by atoms with Crippen molar-refractivity contribution in [1.82, 2.24) is 20.1 Å². The summed E-state index contributed by atoms with van der Waals surface area (Å²) in [7, 11) is 0. The van der Waals surface area contributed by atoms with Crippen molar-refractivity contribution in [3.8, 4) is 11.4 Å². The summed E-state index contributed by atoms with van der Waals surface area (Å²) in [4.78, 5) is 24.6. The fourth-order valence-electron chi connectivity index (χ4n) is 3.38. The van der Waals surface area contributed by atoms with Crippen molar-refractivity contribution >= 4 is 23.5 Å². The van der Waals surface area contributed by atoms with Crippen LogP contribution in [0.2, 0.25) is 0 Å². The van der Waals surface area contributed by atoms with E-state index in [0.717, 1.165) is 18.4 Å².